The van der Waals surface area contributed by atoms with Gasteiger partial charge in [0.2, 0.25) is 10.0 Å². The maximum Gasteiger partial charge on any atom is 0.490 e. The van der Waals surface area contributed by atoms with E-state index in [4.69, 9.17) is 9.90 Å². The summed E-state index contributed by atoms with van der Waals surface area (Å²) in [5, 5.41) is 11.3. The summed E-state index contributed by atoms with van der Waals surface area (Å²) in [4.78, 5) is 11.0. The molecule has 1 aromatic heterocycles. The first-order chi connectivity index (χ1) is 11.7. The summed E-state index contributed by atoms with van der Waals surface area (Å²) in [6, 6.07) is 0.254. The number of halogens is 3. The number of nitrogens with zero attached hydrogens (tertiary/aromatic N) is 4. The minimum atomic E-state index is -5.08. The molecule has 2 heterocycles. The molecule has 150 valence electrons. The Hall–Kier alpha value is -1.66. The van der Waals surface area contributed by atoms with E-state index in [0.717, 1.165) is 12.0 Å². The lowest BCUT2D eigenvalue weighted by molar-refractivity contribution is -0.192. The molecule has 0 radical (unpaired) electrons. The fourth-order valence-corrected chi connectivity index (χ4v) is 4.02. The molecule has 0 bridgehead atoms. The zero-order valence-corrected chi connectivity index (χ0v) is 15.8. The minimum absolute atomic E-state index is 0.00537. The van der Waals surface area contributed by atoms with Crippen molar-refractivity contribution in [3.63, 3.8) is 0 Å². The van der Waals surface area contributed by atoms with Gasteiger partial charge in [0.1, 0.15) is 0 Å². The minimum Gasteiger partial charge on any atom is -0.475 e. The third-order valence-corrected chi connectivity index (χ3v) is 5.30. The van der Waals surface area contributed by atoms with E-state index in [1.807, 2.05) is 33.5 Å². The molecule has 1 fully saturated rings. The summed E-state index contributed by atoms with van der Waals surface area (Å²) in [5.41, 5.74) is 1.08. The van der Waals surface area contributed by atoms with Crippen molar-refractivity contribution in [1.29, 1.82) is 0 Å². The molecule has 1 aliphatic rings. The lowest BCUT2D eigenvalue weighted by atomic mass is 10.0. The van der Waals surface area contributed by atoms with Crippen LogP contribution in [0, 0.1) is 0 Å². The number of aryl methyl sites for hydroxylation is 1. The van der Waals surface area contributed by atoms with Crippen LogP contribution < -0.4 is 0 Å². The maximum absolute atomic E-state index is 11.9. The predicted octanol–water partition coefficient (Wildman–Crippen LogP) is 0.560. The summed E-state index contributed by atoms with van der Waals surface area (Å²) in [6.07, 6.45) is 1.56. The lowest BCUT2D eigenvalue weighted by Gasteiger charge is -2.29. The molecule has 1 saturated heterocycles. The second-order valence-electron chi connectivity index (χ2n) is 6.29. The Morgan fingerprint density at radius 1 is 1.42 bits per heavy atom. The van der Waals surface area contributed by atoms with Crippen molar-refractivity contribution in [3.05, 3.63) is 18.0 Å². The topological polar surface area (TPSA) is 95.7 Å². The number of carboxylic acid groups (broad SMARTS) is 1. The molecule has 1 aliphatic heterocycles. The summed E-state index contributed by atoms with van der Waals surface area (Å²) < 4.78 is 58.9. The number of sulfonamides is 1. The fourth-order valence-electron chi connectivity index (χ4n) is 2.88. The highest BCUT2D eigenvalue weighted by Gasteiger charge is 2.40. The number of aliphatic carboxylic acids is 1. The maximum atomic E-state index is 11.9. The highest BCUT2D eigenvalue weighted by Crippen LogP contribution is 2.26. The van der Waals surface area contributed by atoms with Crippen LogP contribution in [0.1, 0.15) is 12.0 Å². The van der Waals surface area contributed by atoms with E-state index in [0.29, 0.717) is 13.0 Å². The third kappa shape index (κ3) is 6.25. The van der Waals surface area contributed by atoms with Gasteiger partial charge in [-0.25, -0.2) is 13.2 Å². The number of rotatable bonds is 4. The van der Waals surface area contributed by atoms with Crippen LogP contribution in [0.15, 0.2) is 12.4 Å². The zero-order valence-electron chi connectivity index (χ0n) is 14.9. The van der Waals surface area contributed by atoms with Gasteiger partial charge in [-0.15, -0.1) is 0 Å². The SMILES string of the molecule is CN(C)[C@@H]1CCN(S(C)(=O)=O)[C@H]1Cc1cnn(C)c1.O=C(O)C(F)(F)F. The van der Waals surface area contributed by atoms with Crippen LogP contribution >= 0.6 is 0 Å². The molecule has 1 aromatic rings. The molecule has 0 saturated carbocycles. The Morgan fingerprint density at radius 2 is 1.96 bits per heavy atom. The van der Waals surface area contributed by atoms with Crippen LogP contribution in [0.4, 0.5) is 13.2 Å². The number of aromatic nitrogens is 2. The smallest absolute Gasteiger partial charge is 0.475 e. The van der Waals surface area contributed by atoms with Gasteiger partial charge in [-0.2, -0.15) is 22.6 Å². The van der Waals surface area contributed by atoms with E-state index in [9.17, 15) is 21.6 Å². The molecule has 12 heteroatoms. The molecule has 0 aromatic carbocycles. The number of alkyl halides is 3. The number of carbonyl (C=O) groups is 1. The van der Waals surface area contributed by atoms with Crippen molar-refractivity contribution < 1.29 is 31.5 Å². The van der Waals surface area contributed by atoms with E-state index >= 15 is 0 Å². The van der Waals surface area contributed by atoms with Gasteiger partial charge < -0.3 is 10.0 Å². The van der Waals surface area contributed by atoms with Crippen molar-refractivity contribution in [2.24, 2.45) is 7.05 Å². The molecular formula is C14H23F3N4O4S. The van der Waals surface area contributed by atoms with Crippen molar-refractivity contribution in [3.8, 4) is 0 Å². The van der Waals surface area contributed by atoms with Crippen LogP contribution in [-0.2, 0) is 28.3 Å². The van der Waals surface area contributed by atoms with E-state index in [1.54, 1.807) is 8.99 Å². The third-order valence-electron chi connectivity index (χ3n) is 3.99. The molecular weight excluding hydrogens is 377 g/mol. The highest BCUT2D eigenvalue weighted by molar-refractivity contribution is 7.88. The van der Waals surface area contributed by atoms with Crippen LogP contribution in [0.3, 0.4) is 0 Å². The molecule has 1 N–H and O–H groups in total. The second kappa shape index (κ2) is 8.35. The molecule has 8 nitrogen and oxygen atoms in total. The van der Waals surface area contributed by atoms with Gasteiger partial charge in [0.05, 0.1) is 12.5 Å². The van der Waals surface area contributed by atoms with Crippen LogP contribution in [0.25, 0.3) is 0 Å². The number of carboxylic acids is 1. The molecule has 26 heavy (non-hydrogen) atoms. The summed E-state index contributed by atoms with van der Waals surface area (Å²) in [5.74, 6) is -2.76. The molecule has 0 amide bonds. The van der Waals surface area contributed by atoms with Gasteiger partial charge in [0, 0.05) is 31.9 Å². The Bertz CT molecular complexity index is 718. The van der Waals surface area contributed by atoms with Gasteiger partial charge in [-0.3, -0.25) is 4.68 Å². The molecule has 2 atom stereocenters. The molecule has 0 aliphatic carbocycles. The number of likely N-dealkylation sites (N-methyl/N-ethyl adjacent to an activating group) is 1. The first-order valence-corrected chi connectivity index (χ1v) is 9.49. The Morgan fingerprint density at radius 3 is 2.31 bits per heavy atom. The quantitative estimate of drug-likeness (QED) is 0.794. The van der Waals surface area contributed by atoms with Crippen molar-refractivity contribution >= 4 is 16.0 Å². The summed E-state index contributed by atoms with van der Waals surface area (Å²) in [7, 11) is 2.73. The van der Waals surface area contributed by atoms with Crippen LogP contribution in [0.2, 0.25) is 0 Å². The van der Waals surface area contributed by atoms with Crippen molar-refractivity contribution in [2.75, 3.05) is 26.9 Å². The van der Waals surface area contributed by atoms with Gasteiger partial charge >= 0.3 is 12.1 Å². The summed E-state index contributed by atoms with van der Waals surface area (Å²) in [6.45, 7) is 0.604. The first kappa shape index (κ1) is 22.4. The molecule has 2 rings (SSSR count). The van der Waals surface area contributed by atoms with Gasteiger partial charge in [-0.1, -0.05) is 0 Å². The van der Waals surface area contributed by atoms with E-state index in [1.165, 1.54) is 6.26 Å². The van der Waals surface area contributed by atoms with E-state index < -0.39 is 22.2 Å². The van der Waals surface area contributed by atoms with Crippen molar-refractivity contribution in [1.82, 2.24) is 19.0 Å². The highest BCUT2D eigenvalue weighted by atomic mass is 32.2. The number of hydrogen-bond donors (Lipinski definition) is 1. The fraction of sp³-hybridized carbons (Fsp3) is 0.714. The second-order valence-corrected chi connectivity index (χ2v) is 8.23. The van der Waals surface area contributed by atoms with E-state index in [2.05, 4.69) is 10.00 Å². The molecule has 0 spiro atoms. The summed E-state index contributed by atoms with van der Waals surface area (Å²) >= 11 is 0. The Balaban J connectivity index is 0.000000412. The lowest BCUT2D eigenvalue weighted by Crippen LogP contribution is -2.45. The Kier molecular flexibility index (Phi) is 7.19. The Labute approximate surface area is 150 Å². The average Bonchev–Trinajstić information content (AvgIpc) is 3.04. The van der Waals surface area contributed by atoms with Crippen LogP contribution in [0.5, 0.6) is 0 Å². The van der Waals surface area contributed by atoms with E-state index in [-0.39, 0.29) is 12.1 Å². The predicted molar refractivity (Wildman–Crippen MR) is 88.0 cm³/mol. The van der Waals surface area contributed by atoms with Gasteiger partial charge in [0.25, 0.3) is 0 Å². The molecule has 0 unspecified atom stereocenters. The van der Waals surface area contributed by atoms with Crippen molar-refractivity contribution in [2.45, 2.75) is 31.1 Å². The standard InChI is InChI=1S/C12H22N4O2S.C2HF3O2/c1-14(2)11-5-6-16(19(4,17)18)12(11)7-10-8-13-15(3)9-10;3-2(4,5)1(6)7/h8-9,11-12H,5-7H2,1-4H3;(H,6,7)/t11-,12+;/m1./s1. The van der Waals surface area contributed by atoms with Gasteiger partial charge in [-0.05, 0) is 32.5 Å². The normalized spacial score (nSPS) is 21.5. The van der Waals surface area contributed by atoms with Gasteiger partial charge in [0.15, 0.2) is 0 Å². The average molecular weight is 400 g/mol. The number of hydrogen-bond acceptors (Lipinski definition) is 5. The monoisotopic (exact) mass is 400 g/mol. The van der Waals surface area contributed by atoms with Crippen LogP contribution in [-0.4, -0.2) is 83.6 Å². The first-order valence-electron chi connectivity index (χ1n) is 7.64. The largest absolute Gasteiger partial charge is 0.490 e. The zero-order chi connectivity index (χ0) is 20.3.